The van der Waals surface area contributed by atoms with Gasteiger partial charge in [0.15, 0.2) is 0 Å². The molecule has 0 aromatic heterocycles. The number of alkyl halides is 2. The standard InChI is InChI=1S/C10H16Br2O/c1-7(13)10-5-8(10)3-2-4-9(12)6-11/h8-10H,2-6H2,1H3/t8-,9+,10+/m1/s1. The van der Waals surface area contributed by atoms with Crippen LogP contribution in [0.25, 0.3) is 0 Å². The lowest BCUT2D eigenvalue weighted by atomic mass is 10.1. The molecule has 1 saturated carbocycles. The number of carbonyl (C=O) groups excluding carboxylic acids is 1. The van der Waals surface area contributed by atoms with Gasteiger partial charge in [-0.3, -0.25) is 4.79 Å². The van der Waals surface area contributed by atoms with Crippen molar-refractivity contribution in [2.24, 2.45) is 11.8 Å². The molecule has 1 rings (SSSR count). The van der Waals surface area contributed by atoms with Crippen molar-refractivity contribution in [2.75, 3.05) is 5.33 Å². The predicted molar refractivity (Wildman–Crippen MR) is 62.6 cm³/mol. The van der Waals surface area contributed by atoms with Gasteiger partial charge in [-0.15, -0.1) is 0 Å². The summed E-state index contributed by atoms with van der Waals surface area (Å²) in [7, 11) is 0. The number of rotatable bonds is 6. The van der Waals surface area contributed by atoms with Gasteiger partial charge in [-0.25, -0.2) is 0 Å². The first-order valence-electron chi connectivity index (χ1n) is 4.85. The highest BCUT2D eigenvalue weighted by molar-refractivity contribution is 9.12. The fourth-order valence-electron chi connectivity index (χ4n) is 1.74. The van der Waals surface area contributed by atoms with Crippen molar-refractivity contribution in [3.05, 3.63) is 0 Å². The molecule has 0 heterocycles. The lowest BCUT2D eigenvalue weighted by molar-refractivity contribution is -0.118. The van der Waals surface area contributed by atoms with Gasteiger partial charge < -0.3 is 0 Å². The van der Waals surface area contributed by atoms with Gasteiger partial charge in [0.2, 0.25) is 0 Å². The lowest BCUT2D eigenvalue weighted by Gasteiger charge is -2.04. The van der Waals surface area contributed by atoms with E-state index in [-0.39, 0.29) is 0 Å². The van der Waals surface area contributed by atoms with Gasteiger partial charge in [0.1, 0.15) is 5.78 Å². The summed E-state index contributed by atoms with van der Waals surface area (Å²) in [5.74, 6) is 1.52. The van der Waals surface area contributed by atoms with E-state index in [1.54, 1.807) is 6.92 Å². The summed E-state index contributed by atoms with van der Waals surface area (Å²) < 4.78 is 0. The van der Waals surface area contributed by atoms with Crippen molar-refractivity contribution in [3.8, 4) is 0 Å². The van der Waals surface area contributed by atoms with Crippen LogP contribution in [0.2, 0.25) is 0 Å². The zero-order valence-electron chi connectivity index (χ0n) is 7.93. The molecule has 13 heavy (non-hydrogen) atoms. The first kappa shape index (κ1) is 11.7. The Balaban J connectivity index is 2.00. The van der Waals surface area contributed by atoms with Crippen molar-refractivity contribution in [2.45, 2.75) is 37.4 Å². The third-order valence-corrected chi connectivity index (χ3v) is 5.14. The molecular weight excluding hydrogens is 296 g/mol. The Labute approximate surface area is 96.9 Å². The second kappa shape index (κ2) is 5.50. The fraction of sp³-hybridized carbons (Fsp3) is 0.900. The van der Waals surface area contributed by atoms with Gasteiger partial charge in [0, 0.05) is 16.1 Å². The number of hydrogen-bond donors (Lipinski definition) is 0. The monoisotopic (exact) mass is 310 g/mol. The Morgan fingerprint density at radius 1 is 1.62 bits per heavy atom. The summed E-state index contributed by atoms with van der Waals surface area (Å²) in [4.78, 5) is 11.6. The molecule has 1 nitrogen and oxygen atoms in total. The number of halogens is 2. The van der Waals surface area contributed by atoms with Crippen LogP contribution in [-0.2, 0) is 4.79 Å². The smallest absolute Gasteiger partial charge is 0.133 e. The summed E-state index contributed by atoms with van der Waals surface area (Å²) in [5.41, 5.74) is 0. The summed E-state index contributed by atoms with van der Waals surface area (Å²) in [6.45, 7) is 1.72. The average molecular weight is 312 g/mol. The SMILES string of the molecule is CC(=O)[C@@H]1C[C@H]1CCC[C@H](Br)CBr. The van der Waals surface area contributed by atoms with Crippen LogP contribution in [0.3, 0.4) is 0 Å². The first-order valence-corrected chi connectivity index (χ1v) is 6.89. The first-order chi connectivity index (χ1) is 6.15. The second-order valence-electron chi connectivity index (χ2n) is 3.90. The van der Waals surface area contributed by atoms with Crippen LogP contribution >= 0.6 is 31.9 Å². The highest BCUT2D eigenvalue weighted by Crippen LogP contribution is 2.43. The third-order valence-electron chi connectivity index (χ3n) is 2.70. The fourth-order valence-corrected chi connectivity index (χ4v) is 2.39. The number of Topliss-reactive ketones (excluding diaryl/α,β-unsaturated/α-hetero) is 1. The Hall–Kier alpha value is 0.630. The zero-order chi connectivity index (χ0) is 9.84. The Morgan fingerprint density at radius 2 is 2.31 bits per heavy atom. The minimum Gasteiger partial charge on any atom is -0.300 e. The van der Waals surface area contributed by atoms with Gasteiger partial charge in [-0.1, -0.05) is 38.3 Å². The second-order valence-corrected chi connectivity index (χ2v) is 5.84. The summed E-state index contributed by atoms with van der Waals surface area (Å²) in [6, 6.07) is 0. The van der Waals surface area contributed by atoms with Crippen LogP contribution in [0.15, 0.2) is 0 Å². The van der Waals surface area contributed by atoms with Gasteiger partial charge in [0.25, 0.3) is 0 Å². The molecule has 0 spiro atoms. The highest BCUT2D eigenvalue weighted by Gasteiger charge is 2.39. The number of ketones is 1. The van der Waals surface area contributed by atoms with Crippen molar-refractivity contribution in [3.63, 3.8) is 0 Å². The largest absolute Gasteiger partial charge is 0.300 e. The molecule has 0 aromatic carbocycles. The maximum Gasteiger partial charge on any atom is 0.133 e. The molecular formula is C10H16Br2O. The molecule has 3 heteroatoms. The van der Waals surface area contributed by atoms with Gasteiger partial charge >= 0.3 is 0 Å². The molecule has 3 atom stereocenters. The van der Waals surface area contributed by atoms with E-state index in [0.717, 1.165) is 11.8 Å². The van der Waals surface area contributed by atoms with Crippen LogP contribution in [0.4, 0.5) is 0 Å². The van der Waals surface area contributed by atoms with Gasteiger partial charge in [-0.05, 0) is 32.1 Å². The van der Waals surface area contributed by atoms with Crippen molar-refractivity contribution < 1.29 is 4.79 Å². The Bertz CT molecular complexity index is 182. The minimum absolute atomic E-state index is 0.390. The summed E-state index contributed by atoms with van der Waals surface area (Å²) in [5, 5.41) is 1.02. The summed E-state index contributed by atoms with van der Waals surface area (Å²) >= 11 is 7.01. The van der Waals surface area contributed by atoms with E-state index >= 15 is 0 Å². The van der Waals surface area contributed by atoms with E-state index in [9.17, 15) is 4.79 Å². The maximum atomic E-state index is 11.0. The highest BCUT2D eigenvalue weighted by atomic mass is 79.9. The average Bonchev–Trinajstić information content (AvgIpc) is 2.83. The van der Waals surface area contributed by atoms with E-state index in [1.165, 1.54) is 19.3 Å². The maximum absolute atomic E-state index is 11.0. The van der Waals surface area contributed by atoms with E-state index in [1.807, 2.05) is 0 Å². The van der Waals surface area contributed by atoms with Crippen LogP contribution in [-0.4, -0.2) is 15.9 Å². The molecule has 0 aliphatic heterocycles. The van der Waals surface area contributed by atoms with Crippen LogP contribution in [0, 0.1) is 11.8 Å². The molecule has 0 N–H and O–H groups in total. The number of hydrogen-bond acceptors (Lipinski definition) is 1. The molecule has 1 aliphatic carbocycles. The van der Waals surface area contributed by atoms with Crippen molar-refractivity contribution in [1.29, 1.82) is 0 Å². The van der Waals surface area contributed by atoms with E-state index in [2.05, 4.69) is 31.9 Å². The topological polar surface area (TPSA) is 17.1 Å². The molecule has 0 radical (unpaired) electrons. The quantitative estimate of drug-likeness (QED) is 0.686. The lowest BCUT2D eigenvalue weighted by Crippen LogP contribution is -2.00. The van der Waals surface area contributed by atoms with Crippen molar-refractivity contribution >= 4 is 37.6 Å². The van der Waals surface area contributed by atoms with E-state index in [4.69, 9.17) is 0 Å². The molecule has 1 aliphatic rings. The molecule has 0 saturated heterocycles. The Morgan fingerprint density at radius 3 is 2.77 bits per heavy atom. The molecule has 1 fully saturated rings. The number of carbonyl (C=O) groups is 1. The van der Waals surface area contributed by atoms with Crippen LogP contribution < -0.4 is 0 Å². The van der Waals surface area contributed by atoms with Crippen molar-refractivity contribution in [1.82, 2.24) is 0 Å². The molecule has 0 amide bonds. The normalized spacial score (nSPS) is 28.5. The van der Waals surface area contributed by atoms with Gasteiger partial charge in [-0.2, -0.15) is 0 Å². The molecule has 0 aromatic rings. The molecule has 76 valence electrons. The van der Waals surface area contributed by atoms with E-state index in [0.29, 0.717) is 22.4 Å². The zero-order valence-corrected chi connectivity index (χ0v) is 11.1. The summed E-state index contributed by atoms with van der Waals surface area (Å²) in [6.07, 6.45) is 4.85. The van der Waals surface area contributed by atoms with Crippen LogP contribution in [0.1, 0.15) is 32.6 Å². The molecule has 0 bridgehead atoms. The van der Waals surface area contributed by atoms with E-state index < -0.39 is 0 Å². The minimum atomic E-state index is 0.390. The predicted octanol–water partition coefficient (Wildman–Crippen LogP) is 3.54. The third kappa shape index (κ3) is 4.11. The van der Waals surface area contributed by atoms with Crippen LogP contribution in [0.5, 0.6) is 0 Å². The Kier molecular flexibility index (Phi) is 4.95. The molecule has 0 unspecified atom stereocenters. The van der Waals surface area contributed by atoms with Gasteiger partial charge in [0.05, 0.1) is 0 Å².